The molecule has 1 aromatic heterocycles. The van der Waals surface area contributed by atoms with Crippen LogP contribution in [0.5, 0.6) is 5.75 Å². The van der Waals surface area contributed by atoms with Gasteiger partial charge in [-0.25, -0.2) is 0 Å². The second-order valence-electron chi connectivity index (χ2n) is 6.32. The summed E-state index contributed by atoms with van der Waals surface area (Å²) >= 11 is 0. The summed E-state index contributed by atoms with van der Waals surface area (Å²) in [4.78, 5) is 14.1. The Balaban J connectivity index is 1.52. The van der Waals surface area contributed by atoms with E-state index in [0.29, 0.717) is 37.0 Å². The smallest absolute Gasteiger partial charge is 0.262 e. The van der Waals surface area contributed by atoms with E-state index in [2.05, 4.69) is 15.5 Å². The summed E-state index contributed by atoms with van der Waals surface area (Å²) in [5, 5.41) is 11.0. The molecule has 0 fully saturated rings. The molecule has 3 aromatic rings. The van der Waals surface area contributed by atoms with Crippen molar-refractivity contribution in [3.63, 3.8) is 0 Å². The van der Waals surface area contributed by atoms with Gasteiger partial charge in [0, 0.05) is 7.05 Å². The number of carbonyl (C=O) groups is 1. The van der Waals surface area contributed by atoms with Crippen LogP contribution in [0.3, 0.4) is 0 Å². The van der Waals surface area contributed by atoms with Crippen LogP contribution < -0.4 is 15.0 Å². The Hall–Kier alpha value is -3.35. The predicted molar refractivity (Wildman–Crippen MR) is 99.5 cm³/mol. The van der Waals surface area contributed by atoms with Gasteiger partial charge >= 0.3 is 0 Å². The molecule has 1 aliphatic rings. The second kappa shape index (κ2) is 7.49. The van der Waals surface area contributed by atoms with Gasteiger partial charge in [0.15, 0.2) is 6.10 Å². The molecule has 1 aliphatic heterocycles. The third-order valence-corrected chi connectivity index (χ3v) is 4.43. The van der Waals surface area contributed by atoms with Gasteiger partial charge in [-0.05, 0) is 17.7 Å². The van der Waals surface area contributed by atoms with Gasteiger partial charge in [-0.1, -0.05) is 42.5 Å². The molecular formula is C20H20N4O3. The average molecular weight is 364 g/mol. The highest BCUT2D eigenvalue weighted by molar-refractivity contribution is 5.83. The molecule has 7 nitrogen and oxygen atoms in total. The molecule has 1 amide bonds. The van der Waals surface area contributed by atoms with Crippen molar-refractivity contribution >= 4 is 11.6 Å². The van der Waals surface area contributed by atoms with Crippen LogP contribution in [0.1, 0.15) is 17.3 Å². The number of carbonyl (C=O) groups excluding carboxylic acids is 1. The SMILES string of the molecule is CNC(=O)[C@@H]1CN(Cc2nnc(Cc3ccccc3)o2)c2ccccc2O1. The maximum absolute atomic E-state index is 12.1. The number of likely N-dealkylation sites (N-methyl/N-ethyl adjacent to an activating group) is 1. The standard InChI is InChI=1S/C20H20N4O3/c1-21-20(25)17-12-24(15-9-5-6-10-16(15)26-17)13-19-23-22-18(27-19)11-14-7-3-2-4-8-14/h2-10,17H,11-13H2,1H3,(H,21,25)/t17-/m0/s1. The molecule has 1 atom stereocenters. The second-order valence-corrected chi connectivity index (χ2v) is 6.32. The number of hydrogen-bond acceptors (Lipinski definition) is 6. The number of nitrogens with zero attached hydrogens (tertiary/aromatic N) is 3. The lowest BCUT2D eigenvalue weighted by Gasteiger charge is -2.34. The quantitative estimate of drug-likeness (QED) is 0.747. The lowest BCUT2D eigenvalue weighted by atomic mass is 10.1. The van der Waals surface area contributed by atoms with E-state index in [0.717, 1.165) is 11.3 Å². The van der Waals surface area contributed by atoms with Gasteiger partial charge in [0.25, 0.3) is 5.91 Å². The van der Waals surface area contributed by atoms with Crippen molar-refractivity contribution in [1.29, 1.82) is 0 Å². The van der Waals surface area contributed by atoms with E-state index in [1.165, 1.54) is 0 Å². The first-order chi connectivity index (χ1) is 13.2. The zero-order chi connectivity index (χ0) is 18.6. The van der Waals surface area contributed by atoms with Gasteiger partial charge in [0.2, 0.25) is 11.8 Å². The number of benzene rings is 2. The minimum absolute atomic E-state index is 0.162. The van der Waals surface area contributed by atoms with Crippen molar-refractivity contribution in [3.8, 4) is 5.75 Å². The zero-order valence-electron chi connectivity index (χ0n) is 15.0. The van der Waals surface area contributed by atoms with E-state index in [1.807, 2.05) is 59.5 Å². The average Bonchev–Trinajstić information content (AvgIpc) is 3.14. The fourth-order valence-electron chi connectivity index (χ4n) is 3.11. The lowest BCUT2D eigenvalue weighted by Crippen LogP contribution is -2.48. The van der Waals surface area contributed by atoms with Crippen molar-refractivity contribution in [3.05, 3.63) is 71.9 Å². The highest BCUT2D eigenvalue weighted by atomic mass is 16.5. The molecule has 0 radical (unpaired) electrons. The van der Waals surface area contributed by atoms with Crippen LogP contribution in [0.2, 0.25) is 0 Å². The summed E-state index contributed by atoms with van der Waals surface area (Å²) in [6.07, 6.45) is 0.00520. The Bertz CT molecular complexity index is 926. The molecule has 2 aromatic carbocycles. The minimum Gasteiger partial charge on any atom is -0.477 e. The van der Waals surface area contributed by atoms with Crippen molar-refractivity contribution in [2.24, 2.45) is 0 Å². The maximum Gasteiger partial charge on any atom is 0.262 e. The Labute approximate surface area is 157 Å². The van der Waals surface area contributed by atoms with Crippen molar-refractivity contribution in [2.45, 2.75) is 19.1 Å². The highest BCUT2D eigenvalue weighted by Crippen LogP contribution is 2.34. The molecule has 0 saturated carbocycles. The van der Waals surface area contributed by atoms with E-state index in [-0.39, 0.29) is 5.91 Å². The first-order valence-corrected chi connectivity index (χ1v) is 8.80. The van der Waals surface area contributed by atoms with Crippen molar-refractivity contribution in [2.75, 3.05) is 18.5 Å². The summed E-state index contributed by atoms with van der Waals surface area (Å²) in [7, 11) is 1.60. The monoisotopic (exact) mass is 364 g/mol. The van der Waals surface area contributed by atoms with Gasteiger partial charge in [-0.3, -0.25) is 4.79 Å². The molecule has 1 N–H and O–H groups in total. The van der Waals surface area contributed by atoms with Gasteiger partial charge in [-0.15, -0.1) is 10.2 Å². The number of para-hydroxylation sites is 2. The molecular weight excluding hydrogens is 344 g/mol. The predicted octanol–water partition coefficient (Wildman–Crippen LogP) is 2.17. The fourth-order valence-corrected chi connectivity index (χ4v) is 3.11. The molecule has 0 spiro atoms. The summed E-state index contributed by atoms with van der Waals surface area (Å²) < 4.78 is 11.6. The van der Waals surface area contributed by atoms with E-state index in [4.69, 9.17) is 9.15 Å². The van der Waals surface area contributed by atoms with Crippen molar-refractivity contribution < 1.29 is 13.9 Å². The number of nitrogens with one attached hydrogen (secondary N) is 1. The Morgan fingerprint density at radius 2 is 1.85 bits per heavy atom. The molecule has 0 saturated heterocycles. The minimum atomic E-state index is -0.586. The molecule has 2 heterocycles. The van der Waals surface area contributed by atoms with Crippen LogP contribution in [0.15, 0.2) is 59.0 Å². The molecule has 0 bridgehead atoms. The molecule has 0 unspecified atom stereocenters. The molecule has 27 heavy (non-hydrogen) atoms. The van der Waals surface area contributed by atoms with Gasteiger partial charge in [-0.2, -0.15) is 0 Å². The summed E-state index contributed by atoms with van der Waals surface area (Å²) in [6.45, 7) is 0.822. The molecule has 4 rings (SSSR count). The number of rotatable bonds is 5. The van der Waals surface area contributed by atoms with Gasteiger partial charge < -0.3 is 19.4 Å². The van der Waals surface area contributed by atoms with Crippen LogP contribution >= 0.6 is 0 Å². The largest absolute Gasteiger partial charge is 0.477 e. The van der Waals surface area contributed by atoms with E-state index < -0.39 is 6.10 Å². The van der Waals surface area contributed by atoms with Gasteiger partial charge in [0.1, 0.15) is 5.75 Å². The van der Waals surface area contributed by atoms with Crippen molar-refractivity contribution in [1.82, 2.24) is 15.5 Å². The molecule has 0 aliphatic carbocycles. The Morgan fingerprint density at radius 1 is 1.11 bits per heavy atom. The molecule has 138 valence electrons. The number of ether oxygens (including phenoxy) is 1. The number of amides is 1. The van der Waals surface area contributed by atoms with Crippen LogP contribution in [0.25, 0.3) is 0 Å². The van der Waals surface area contributed by atoms with E-state index >= 15 is 0 Å². The summed E-state index contributed by atoms with van der Waals surface area (Å²) in [6, 6.07) is 17.6. The maximum atomic E-state index is 12.1. The number of hydrogen-bond donors (Lipinski definition) is 1. The Kier molecular flexibility index (Phi) is 4.74. The summed E-state index contributed by atoms with van der Waals surface area (Å²) in [5.41, 5.74) is 2.02. The Morgan fingerprint density at radius 3 is 2.67 bits per heavy atom. The summed E-state index contributed by atoms with van der Waals surface area (Å²) in [5.74, 6) is 1.58. The normalized spacial score (nSPS) is 15.7. The van der Waals surface area contributed by atoms with Crippen LogP contribution in [0.4, 0.5) is 5.69 Å². The van der Waals surface area contributed by atoms with Crippen LogP contribution in [0, 0.1) is 0 Å². The highest BCUT2D eigenvalue weighted by Gasteiger charge is 2.30. The third kappa shape index (κ3) is 3.76. The number of fused-ring (bicyclic) bond motifs is 1. The third-order valence-electron chi connectivity index (χ3n) is 4.43. The zero-order valence-corrected chi connectivity index (χ0v) is 15.0. The van der Waals surface area contributed by atoms with E-state index in [1.54, 1.807) is 7.05 Å². The fraction of sp³-hybridized carbons (Fsp3) is 0.250. The van der Waals surface area contributed by atoms with Crippen LogP contribution in [-0.4, -0.2) is 35.8 Å². The first-order valence-electron chi connectivity index (χ1n) is 8.80. The number of anilines is 1. The topological polar surface area (TPSA) is 80.5 Å². The molecule has 7 heteroatoms. The lowest BCUT2D eigenvalue weighted by molar-refractivity contribution is -0.127. The first kappa shape index (κ1) is 17.1. The van der Waals surface area contributed by atoms with Gasteiger partial charge in [0.05, 0.1) is 25.2 Å². The van der Waals surface area contributed by atoms with E-state index in [9.17, 15) is 4.79 Å². The number of aromatic nitrogens is 2. The van der Waals surface area contributed by atoms with Crippen LogP contribution in [-0.2, 0) is 17.8 Å².